The molecule has 1 aromatic rings. The molecule has 1 saturated heterocycles. The summed E-state index contributed by atoms with van der Waals surface area (Å²) in [4.78, 5) is 2.24. The number of nitrogens with two attached hydrogens (primary N) is 1. The Labute approximate surface area is 118 Å². The Bertz CT molecular complexity index is 616. The molecule has 20 heavy (non-hydrogen) atoms. The van der Waals surface area contributed by atoms with E-state index < -0.39 is 15.8 Å². The molecule has 0 amide bonds. The largest absolute Gasteiger partial charge is 0.396 e. The molecule has 3 N–H and O–H groups in total. The first-order valence-corrected chi connectivity index (χ1v) is 8.25. The van der Waals surface area contributed by atoms with Crippen LogP contribution in [0.1, 0.15) is 19.3 Å². The maximum atomic E-state index is 13.4. The fraction of sp³-hybridized carbons (Fsp3) is 0.538. The Morgan fingerprint density at radius 2 is 2.05 bits per heavy atom. The monoisotopic (exact) mass is 299 g/mol. The molecule has 1 aliphatic carbocycles. The van der Waals surface area contributed by atoms with Gasteiger partial charge in [-0.25, -0.2) is 17.5 Å². The van der Waals surface area contributed by atoms with Crippen molar-refractivity contribution in [2.24, 2.45) is 0 Å². The lowest BCUT2D eigenvalue weighted by atomic mass is 10.3. The van der Waals surface area contributed by atoms with E-state index in [1.807, 2.05) is 0 Å². The molecular formula is C13H18FN3O2S. The number of nitrogen functional groups attached to an aromatic ring is 1. The predicted molar refractivity (Wildman–Crippen MR) is 74.1 cm³/mol. The van der Waals surface area contributed by atoms with Crippen molar-refractivity contribution >= 4 is 15.7 Å². The molecule has 2 fully saturated rings. The molecule has 110 valence electrons. The van der Waals surface area contributed by atoms with Crippen LogP contribution in [0.4, 0.5) is 10.1 Å². The third kappa shape index (κ3) is 2.79. The number of nitrogens with zero attached hydrogens (tertiary/aromatic N) is 1. The van der Waals surface area contributed by atoms with Crippen LogP contribution >= 0.6 is 0 Å². The zero-order valence-electron chi connectivity index (χ0n) is 11.0. The average molecular weight is 299 g/mol. The van der Waals surface area contributed by atoms with Crippen LogP contribution in [-0.2, 0) is 10.0 Å². The molecule has 5 nitrogen and oxygen atoms in total. The summed E-state index contributed by atoms with van der Waals surface area (Å²) in [6, 6.07) is 4.11. The van der Waals surface area contributed by atoms with Crippen molar-refractivity contribution in [1.82, 2.24) is 9.62 Å². The van der Waals surface area contributed by atoms with Crippen LogP contribution in [0.2, 0.25) is 0 Å². The second-order valence-corrected chi connectivity index (χ2v) is 7.23. The van der Waals surface area contributed by atoms with Crippen LogP contribution in [-0.4, -0.2) is 38.5 Å². The van der Waals surface area contributed by atoms with Gasteiger partial charge in [0.05, 0.1) is 10.6 Å². The summed E-state index contributed by atoms with van der Waals surface area (Å²) in [5.41, 5.74) is 5.31. The lowest BCUT2D eigenvalue weighted by Crippen LogP contribution is -2.37. The number of benzene rings is 1. The number of anilines is 1. The quantitative estimate of drug-likeness (QED) is 0.811. The molecule has 7 heteroatoms. The first-order chi connectivity index (χ1) is 9.45. The van der Waals surface area contributed by atoms with Gasteiger partial charge in [-0.05, 0) is 37.5 Å². The molecule has 0 radical (unpaired) electrons. The molecular weight excluding hydrogens is 281 g/mol. The Hall–Kier alpha value is -1.18. The molecule has 3 rings (SSSR count). The first-order valence-electron chi connectivity index (χ1n) is 6.77. The zero-order chi connectivity index (χ0) is 14.3. The maximum Gasteiger partial charge on any atom is 0.240 e. The standard InChI is InChI=1S/C13H18FN3O2S/c14-12-7-11(3-4-13(12)15)20(18,19)16-9-5-6-17(8-9)10-1-2-10/h3-4,7,9-10,16H,1-2,5-6,8,15H2. The second kappa shape index (κ2) is 4.98. The normalized spacial score (nSPS) is 24.1. The summed E-state index contributed by atoms with van der Waals surface area (Å²) in [6.45, 7) is 1.66. The van der Waals surface area contributed by atoms with E-state index in [1.165, 1.54) is 25.0 Å². The van der Waals surface area contributed by atoms with E-state index in [0.717, 1.165) is 25.6 Å². The highest BCUT2D eigenvalue weighted by molar-refractivity contribution is 7.89. The molecule has 0 bridgehead atoms. The molecule has 1 aliphatic heterocycles. The van der Waals surface area contributed by atoms with Gasteiger partial charge in [0.15, 0.2) is 0 Å². The number of nitrogens with one attached hydrogen (secondary N) is 1. The van der Waals surface area contributed by atoms with Gasteiger partial charge in [-0.1, -0.05) is 0 Å². The summed E-state index contributed by atoms with van der Waals surface area (Å²) < 4.78 is 40.4. The van der Waals surface area contributed by atoms with Crippen molar-refractivity contribution in [1.29, 1.82) is 0 Å². The number of rotatable bonds is 4. The van der Waals surface area contributed by atoms with E-state index in [-0.39, 0.29) is 16.6 Å². The van der Waals surface area contributed by atoms with Gasteiger partial charge in [0, 0.05) is 25.2 Å². The van der Waals surface area contributed by atoms with Gasteiger partial charge in [0.1, 0.15) is 5.82 Å². The first kappa shape index (κ1) is 13.8. The summed E-state index contributed by atoms with van der Waals surface area (Å²) in [5.74, 6) is -0.709. The fourth-order valence-corrected chi connectivity index (χ4v) is 3.89. The SMILES string of the molecule is Nc1ccc(S(=O)(=O)NC2CCN(C3CC3)C2)cc1F. The van der Waals surface area contributed by atoms with Crippen molar-refractivity contribution in [3.05, 3.63) is 24.0 Å². The van der Waals surface area contributed by atoms with Gasteiger partial charge in [-0.2, -0.15) is 0 Å². The number of likely N-dealkylation sites (tertiary alicyclic amines) is 1. The van der Waals surface area contributed by atoms with Gasteiger partial charge >= 0.3 is 0 Å². The summed E-state index contributed by atoms with van der Waals surface area (Å²) in [7, 11) is -3.68. The molecule has 0 aromatic heterocycles. The van der Waals surface area contributed by atoms with Gasteiger partial charge < -0.3 is 5.73 Å². The maximum absolute atomic E-state index is 13.4. The Morgan fingerprint density at radius 1 is 1.30 bits per heavy atom. The van der Waals surface area contributed by atoms with Crippen LogP contribution in [0, 0.1) is 5.82 Å². The van der Waals surface area contributed by atoms with Crippen LogP contribution < -0.4 is 10.5 Å². The minimum atomic E-state index is -3.68. The van der Waals surface area contributed by atoms with Crippen molar-refractivity contribution in [3.63, 3.8) is 0 Å². The summed E-state index contributed by atoms with van der Waals surface area (Å²) in [5, 5.41) is 0. The average Bonchev–Trinajstić information content (AvgIpc) is 3.14. The number of halogens is 1. The third-order valence-corrected chi connectivity index (χ3v) is 5.41. The molecule has 1 atom stereocenters. The summed E-state index contributed by atoms with van der Waals surface area (Å²) in [6.07, 6.45) is 3.22. The van der Waals surface area contributed by atoms with Crippen molar-refractivity contribution in [2.45, 2.75) is 36.2 Å². The van der Waals surface area contributed by atoms with Gasteiger partial charge in [0.25, 0.3) is 0 Å². The number of hydrogen-bond acceptors (Lipinski definition) is 4. The van der Waals surface area contributed by atoms with Crippen molar-refractivity contribution in [3.8, 4) is 0 Å². The Morgan fingerprint density at radius 3 is 2.70 bits per heavy atom. The van der Waals surface area contributed by atoms with Crippen LogP contribution in [0.3, 0.4) is 0 Å². The van der Waals surface area contributed by atoms with Crippen LogP contribution in [0.15, 0.2) is 23.1 Å². The highest BCUT2D eigenvalue weighted by atomic mass is 32.2. The van der Waals surface area contributed by atoms with E-state index in [0.29, 0.717) is 6.04 Å². The highest BCUT2D eigenvalue weighted by Crippen LogP contribution is 2.30. The van der Waals surface area contributed by atoms with E-state index in [4.69, 9.17) is 5.73 Å². The molecule has 1 aromatic carbocycles. The molecule has 1 unspecified atom stereocenters. The van der Waals surface area contributed by atoms with Crippen molar-refractivity contribution in [2.75, 3.05) is 18.8 Å². The third-order valence-electron chi connectivity index (χ3n) is 3.89. The number of hydrogen-bond donors (Lipinski definition) is 2. The van der Waals surface area contributed by atoms with E-state index in [2.05, 4.69) is 9.62 Å². The number of sulfonamides is 1. The molecule has 2 aliphatic rings. The van der Waals surface area contributed by atoms with E-state index >= 15 is 0 Å². The van der Waals surface area contributed by atoms with E-state index in [1.54, 1.807) is 0 Å². The van der Waals surface area contributed by atoms with Gasteiger partial charge in [-0.15, -0.1) is 0 Å². The summed E-state index contributed by atoms with van der Waals surface area (Å²) >= 11 is 0. The molecule has 1 saturated carbocycles. The van der Waals surface area contributed by atoms with Crippen LogP contribution in [0.5, 0.6) is 0 Å². The Balaban J connectivity index is 1.70. The highest BCUT2D eigenvalue weighted by Gasteiger charge is 2.35. The van der Waals surface area contributed by atoms with Crippen LogP contribution in [0.25, 0.3) is 0 Å². The van der Waals surface area contributed by atoms with Crippen molar-refractivity contribution < 1.29 is 12.8 Å². The minimum Gasteiger partial charge on any atom is -0.396 e. The van der Waals surface area contributed by atoms with Gasteiger partial charge in [-0.3, -0.25) is 4.90 Å². The van der Waals surface area contributed by atoms with E-state index in [9.17, 15) is 12.8 Å². The smallest absolute Gasteiger partial charge is 0.240 e. The lowest BCUT2D eigenvalue weighted by Gasteiger charge is -2.16. The zero-order valence-corrected chi connectivity index (χ0v) is 11.9. The van der Waals surface area contributed by atoms with Gasteiger partial charge in [0.2, 0.25) is 10.0 Å². The topological polar surface area (TPSA) is 75.4 Å². The fourth-order valence-electron chi connectivity index (χ4n) is 2.62. The molecule has 0 spiro atoms. The minimum absolute atomic E-state index is 0.0512. The second-order valence-electron chi connectivity index (χ2n) is 5.52. The lowest BCUT2D eigenvalue weighted by molar-refractivity contribution is 0.322. The predicted octanol–water partition coefficient (Wildman–Crippen LogP) is 0.923. The Kier molecular flexibility index (Phi) is 3.43. The molecule has 1 heterocycles.